The van der Waals surface area contributed by atoms with Crippen molar-refractivity contribution in [3.63, 3.8) is 0 Å². The summed E-state index contributed by atoms with van der Waals surface area (Å²) in [4.78, 5) is 0. The highest BCUT2D eigenvalue weighted by Gasteiger charge is 2.22. The first kappa shape index (κ1) is 23.1. The van der Waals surface area contributed by atoms with E-state index in [1.54, 1.807) is 18.2 Å². The molecule has 2 N–H and O–H groups in total. The molecule has 32 heavy (non-hydrogen) atoms. The fraction of sp³-hybridized carbons (Fsp3) is 0.200. The summed E-state index contributed by atoms with van der Waals surface area (Å²) in [5.41, 5.74) is 7.12. The van der Waals surface area contributed by atoms with Gasteiger partial charge < -0.3 is 10.2 Å². The first-order chi connectivity index (χ1) is 15.3. The zero-order valence-electron chi connectivity index (χ0n) is 19.3. The summed E-state index contributed by atoms with van der Waals surface area (Å²) in [7, 11) is 0. The van der Waals surface area contributed by atoms with Crippen LogP contribution >= 0.6 is 0 Å². The van der Waals surface area contributed by atoms with Crippen LogP contribution in [0.5, 0.6) is 11.5 Å². The predicted octanol–water partition coefficient (Wildman–Crippen LogP) is 7.32. The van der Waals surface area contributed by atoms with E-state index in [0.717, 1.165) is 12.0 Å². The summed E-state index contributed by atoms with van der Waals surface area (Å²) < 4.78 is 0. The van der Waals surface area contributed by atoms with E-state index in [2.05, 4.69) is 64.1 Å². The molecule has 0 radical (unpaired) electrons. The van der Waals surface area contributed by atoms with Gasteiger partial charge in [0.05, 0.1) is 0 Å². The fourth-order valence-corrected chi connectivity index (χ4v) is 3.78. The first-order valence-corrected chi connectivity index (χ1v) is 11.0. The Bertz CT molecular complexity index is 1130. The van der Waals surface area contributed by atoms with Crippen molar-refractivity contribution in [1.29, 1.82) is 0 Å². The summed E-state index contributed by atoms with van der Waals surface area (Å²) in [6.45, 7) is 8.51. The average Bonchev–Trinajstić information content (AvgIpc) is 2.81. The summed E-state index contributed by atoms with van der Waals surface area (Å²) in [5.74, 6) is 0.708. The highest BCUT2D eigenvalue weighted by molar-refractivity contribution is 5.45. The second kappa shape index (κ2) is 10.2. The monoisotopic (exact) mass is 424 g/mol. The van der Waals surface area contributed by atoms with Gasteiger partial charge in [-0.3, -0.25) is 0 Å². The molecule has 0 saturated heterocycles. The van der Waals surface area contributed by atoms with E-state index in [1.807, 2.05) is 42.5 Å². The number of benzene rings is 4. The second-order valence-electron chi connectivity index (χ2n) is 8.71. The minimum absolute atomic E-state index is 0.0328. The number of aryl methyl sites for hydroxylation is 1. The van der Waals surface area contributed by atoms with Crippen LogP contribution in [0.4, 0.5) is 0 Å². The molecule has 4 aromatic rings. The predicted molar refractivity (Wildman–Crippen MR) is 134 cm³/mol. The molecule has 0 saturated carbocycles. The van der Waals surface area contributed by atoms with Crippen LogP contribution in [0, 0.1) is 13.8 Å². The minimum Gasteiger partial charge on any atom is -0.508 e. The van der Waals surface area contributed by atoms with E-state index in [4.69, 9.17) is 0 Å². The summed E-state index contributed by atoms with van der Waals surface area (Å²) in [6.07, 6.45) is 0.792. The highest BCUT2D eigenvalue weighted by Crippen LogP contribution is 2.32. The van der Waals surface area contributed by atoms with Crippen LogP contribution in [0.15, 0.2) is 97.1 Å². The van der Waals surface area contributed by atoms with Gasteiger partial charge in [-0.2, -0.15) is 0 Å². The smallest absolute Gasteiger partial charge is 0.119 e. The number of phenols is 2. The van der Waals surface area contributed by atoms with Crippen LogP contribution in [-0.2, 0) is 11.8 Å². The topological polar surface area (TPSA) is 40.5 Å². The molecule has 0 fully saturated rings. The Morgan fingerprint density at radius 3 is 1.75 bits per heavy atom. The largest absolute Gasteiger partial charge is 0.508 e. The molecule has 0 spiro atoms. The molecular weight excluding hydrogens is 392 g/mol. The van der Waals surface area contributed by atoms with Crippen LogP contribution in [-0.4, -0.2) is 10.2 Å². The highest BCUT2D eigenvalue weighted by atomic mass is 16.3. The van der Waals surface area contributed by atoms with Gasteiger partial charge in [0.15, 0.2) is 0 Å². The molecule has 0 heterocycles. The molecule has 2 heteroatoms. The van der Waals surface area contributed by atoms with Gasteiger partial charge in [0.25, 0.3) is 0 Å². The Morgan fingerprint density at radius 1 is 0.625 bits per heavy atom. The second-order valence-corrected chi connectivity index (χ2v) is 8.71. The molecule has 0 aromatic heterocycles. The van der Waals surface area contributed by atoms with Crippen molar-refractivity contribution in [2.75, 3.05) is 0 Å². The Labute approximate surface area is 191 Å². The number of aromatic hydroxyl groups is 2. The molecule has 0 aliphatic heterocycles. The Morgan fingerprint density at radius 2 is 1.16 bits per heavy atom. The third kappa shape index (κ3) is 5.59. The molecule has 0 aliphatic rings. The van der Waals surface area contributed by atoms with Gasteiger partial charge in [-0.1, -0.05) is 92.7 Å². The maximum absolute atomic E-state index is 9.88. The van der Waals surface area contributed by atoms with Crippen molar-refractivity contribution in [2.45, 2.75) is 39.5 Å². The van der Waals surface area contributed by atoms with Gasteiger partial charge in [0.1, 0.15) is 11.5 Å². The third-order valence-corrected chi connectivity index (χ3v) is 6.15. The average molecular weight is 425 g/mol. The van der Waals surface area contributed by atoms with Gasteiger partial charge in [0, 0.05) is 17.4 Å². The van der Waals surface area contributed by atoms with Crippen molar-refractivity contribution >= 4 is 0 Å². The molecular formula is C30H32O2. The van der Waals surface area contributed by atoms with Crippen LogP contribution in [0.3, 0.4) is 0 Å². The van der Waals surface area contributed by atoms with E-state index < -0.39 is 0 Å². The van der Waals surface area contributed by atoms with E-state index in [9.17, 15) is 10.2 Å². The lowest BCUT2D eigenvalue weighted by Crippen LogP contribution is -2.18. The summed E-state index contributed by atoms with van der Waals surface area (Å²) >= 11 is 0. The van der Waals surface area contributed by atoms with Gasteiger partial charge in [-0.15, -0.1) is 0 Å². The van der Waals surface area contributed by atoms with Crippen LogP contribution in [0.25, 0.3) is 0 Å². The van der Waals surface area contributed by atoms with E-state index >= 15 is 0 Å². The molecule has 2 nitrogen and oxygen atoms in total. The molecule has 0 aliphatic carbocycles. The van der Waals surface area contributed by atoms with Crippen molar-refractivity contribution in [3.8, 4) is 11.5 Å². The SMILES string of the molecule is CC(C)(c1ccccc1)c1ccc(O)cc1.Cc1ccc(O)c(Cc2ccccc2)c1C. The number of rotatable bonds is 4. The maximum atomic E-state index is 9.88. The molecule has 4 rings (SSSR count). The third-order valence-electron chi connectivity index (χ3n) is 6.15. The van der Waals surface area contributed by atoms with Crippen LogP contribution < -0.4 is 0 Å². The molecule has 0 unspecified atom stereocenters. The Balaban J connectivity index is 0.000000181. The van der Waals surface area contributed by atoms with Crippen molar-refractivity contribution < 1.29 is 10.2 Å². The molecule has 0 bridgehead atoms. The lowest BCUT2D eigenvalue weighted by atomic mass is 9.78. The van der Waals surface area contributed by atoms with Crippen LogP contribution in [0.1, 0.15) is 47.2 Å². The van der Waals surface area contributed by atoms with Gasteiger partial charge in [-0.25, -0.2) is 0 Å². The van der Waals surface area contributed by atoms with E-state index in [-0.39, 0.29) is 5.41 Å². The first-order valence-electron chi connectivity index (χ1n) is 11.0. The Hall–Kier alpha value is -3.52. The van der Waals surface area contributed by atoms with Crippen molar-refractivity contribution in [3.05, 3.63) is 130 Å². The normalized spacial score (nSPS) is 10.9. The number of hydrogen-bond acceptors (Lipinski definition) is 2. The van der Waals surface area contributed by atoms with E-state index in [0.29, 0.717) is 11.5 Å². The zero-order chi connectivity index (χ0) is 23.1. The number of phenolic OH excluding ortho intramolecular Hbond substituents is 2. The minimum atomic E-state index is -0.0328. The lowest BCUT2D eigenvalue weighted by Gasteiger charge is -2.26. The summed E-state index contributed by atoms with van der Waals surface area (Å²) in [6, 6.07) is 31.8. The van der Waals surface area contributed by atoms with Crippen molar-refractivity contribution in [2.24, 2.45) is 0 Å². The van der Waals surface area contributed by atoms with Crippen molar-refractivity contribution in [1.82, 2.24) is 0 Å². The fourth-order valence-electron chi connectivity index (χ4n) is 3.78. The Kier molecular flexibility index (Phi) is 7.37. The van der Waals surface area contributed by atoms with E-state index in [1.165, 1.54) is 27.8 Å². The molecule has 0 atom stereocenters. The molecule has 0 amide bonds. The molecule has 164 valence electrons. The molecule has 4 aromatic carbocycles. The lowest BCUT2D eigenvalue weighted by molar-refractivity contribution is 0.468. The standard InChI is InChI=1S/2C15H16O/c1-15(2,12-6-4-3-5-7-12)13-8-10-14(16)11-9-13;1-11-8-9-15(16)14(12(11)2)10-13-6-4-3-5-7-13/h3-11,16H,1-2H3;3-9,16H,10H2,1-2H3. The van der Waals surface area contributed by atoms with Gasteiger partial charge in [-0.05, 0) is 59.9 Å². The zero-order valence-corrected chi connectivity index (χ0v) is 19.3. The number of hydrogen-bond donors (Lipinski definition) is 2. The van der Waals surface area contributed by atoms with Gasteiger partial charge in [0.2, 0.25) is 0 Å². The quantitative estimate of drug-likeness (QED) is 0.360. The maximum Gasteiger partial charge on any atom is 0.119 e. The summed E-state index contributed by atoms with van der Waals surface area (Å²) in [5, 5.41) is 19.2. The van der Waals surface area contributed by atoms with Crippen LogP contribution in [0.2, 0.25) is 0 Å². The van der Waals surface area contributed by atoms with Gasteiger partial charge >= 0.3 is 0 Å².